The van der Waals surface area contributed by atoms with Gasteiger partial charge in [0.05, 0.1) is 12.1 Å². The highest BCUT2D eigenvalue weighted by molar-refractivity contribution is 5.50. The fourth-order valence-electron chi connectivity index (χ4n) is 1.85. The van der Waals surface area contributed by atoms with Crippen LogP contribution in [-0.2, 0) is 11.2 Å². The molecule has 2 rings (SSSR count). The average molecular weight is 177 g/mol. The maximum Gasteiger partial charge on any atom is 0.207 e. The summed E-state index contributed by atoms with van der Waals surface area (Å²) in [6.07, 6.45) is 0.778. The molecule has 0 fully saturated rings. The predicted octanol–water partition coefficient (Wildman–Crippen LogP) is 0.391. The van der Waals surface area contributed by atoms with Gasteiger partial charge >= 0.3 is 0 Å². The molecule has 0 heterocycles. The van der Waals surface area contributed by atoms with E-state index in [2.05, 4.69) is 5.32 Å². The van der Waals surface area contributed by atoms with E-state index < -0.39 is 6.10 Å². The first-order valence-electron chi connectivity index (χ1n) is 4.28. The molecule has 0 unspecified atom stereocenters. The molecule has 0 radical (unpaired) electrons. The predicted molar refractivity (Wildman–Crippen MR) is 48.1 cm³/mol. The lowest BCUT2D eigenvalue weighted by Crippen LogP contribution is -2.27. The Morgan fingerprint density at radius 3 is 3.00 bits per heavy atom. The van der Waals surface area contributed by atoms with Gasteiger partial charge in [-0.25, -0.2) is 0 Å². The van der Waals surface area contributed by atoms with Gasteiger partial charge in [0.1, 0.15) is 0 Å². The van der Waals surface area contributed by atoms with E-state index in [9.17, 15) is 9.90 Å². The standard InChI is InChI=1S/C10H11NO2/c12-6-11-10-8-4-2-1-3-7(8)5-9(10)13/h1-4,6,9-10,13H,5H2,(H,11,12)/t9-,10+/m1/s1. The number of rotatable bonds is 2. The highest BCUT2D eigenvalue weighted by Crippen LogP contribution is 2.30. The van der Waals surface area contributed by atoms with Crippen LogP contribution in [0.5, 0.6) is 0 Å². The molecular weight excluding hydrogens is 166 g/mol. The number of carbonyl (C=O) groups is 1. The molecule has 1 aliphatic carbocycles. The summed E-state index contributed by atoms with van der Waals surface area (Å²) in [5.74, 6) is 0. The van der Waals surface area contributed by atoms with Gasteiger partial charge in [0.2, 0.25) is 6.41 Å². The van der Waals surface area contributed by atoms with Crippen molar-refractivity contribution in [3.8, 4) is 0 Å². The van der Waals surface area contributed by atoms with E-state index in [0.29, 0.717) is 12.8 Å². The van der Waals surface area contributed by atoms with Crippen LogP contribution in [0.2, 0.25) is 0 Å². The minimum atomic E-state index is -0.484. The molecule has 2 atom stereocenters. The van der Waals surface area contributed by atoms with Crippen LogP contribution in [0.1, 0.15) is 17.2 Å². The van der Waals surface area contributed by atoms with Crippen molar-refractivity contribution in [2.24, 2.45) is 0 Å². The summed E-state index contributed by atoms with van der Waals surface area (Å²) in [5.41, 5.74) is 2.15. The van der Waals surface area contributed by atoms with E-state index >= 15 is 0 Å². The summed E-state index contributed by atoms with van der Waals surface area (Å²) in [6, 6.07) is 7.54. The van der Waals surface area contributed by atoms with E-state index in [1.807, 2.05) is 24.3 Å². The molecule has 3 nitrogen and oxygen atoms in total. The molecule has 68 valence electrons. The van der Waals surface area contributed by atoms with E-state index in [-0.39, 0.29) is 6.04 Å². The number of aliphatic hydroxyl groups is 1. The Bertz CT molecular complexity index is 324. The molecule has 3 heteroatoms. The Hall–Kier alpha value is -1.35. The number of hydrogen-bond donors (Lipinski definition) is 2. The Morgan fingerprint density at radius 2 is 2.23 bits per heavy atom. The van der Waals surface area contributed by atoms with E-state index in [1.54, 1.807) is 0 Å². The van der Waals surface area contributed by atoms with Gasteiger partial charge < -0.3 is 10.4 Å². The zero-order valence-corrected chi connectivity index (χ0v) is 7.10. The van der Waals surface area contributed by atoms with Crippen LogP contribution in [0.4, 0.5) is 0 Å². The molecule has 1 aromatic carbocycles. The van der Waals surface area contributed by atoms with Gasteiger partial charge in [0.15, 0.2) is 0 Å². The summed E-state index contributed by atoms with van der Waals surface area (Å²) in [7, 11) is 0. The lowest BCUT2D eigenvalue weighted by atomic mass is 10.1. The Morgan fingerprint density at radius 1 is 1.46 bits per heavy atom. The first kappa shape index (κ1) is 8.26. The quantitative estimate of drug-likeness (QED) is 0.642. The monoisotopic (exact) mass is 177 g/mol. The van der Waals surface area contributed by atoms with Crippen molar-refractivity contribution in [3.05, 3.63) is 35.4 Å². The lowest BCUT2D eigenvalue weighted by molar-refractivity contribution is -0.110. The number of aliphatic hydroxyl groups excluding tert-OH is 1. The van der Waals surface area contributed by atoms with Crippen molar-refractivity contribution in [2.45, 2.75) is 18.6 Å². The third-order valence-corrected chi connectivity index (χ3v) is 2.45. The summed E-state index contributed by atoms with van der Waals surface area (Å²) >= 11 is 0. The van der Waals surface area contributed by atoms with E-state index in [1.165, 1.54) is 0 Å². The molecule has 0 aliphatic heterocycles. The van der Waals surface area contributed by atoms with Gasteiger partial charge in [0.25, 0.3) is 0 Å². The average Bonchev–Trinajstić information content (AvgIpc) is 2.44. The van der Waals surface area contributed by atoms with Crippen LogP contribution in [0.15, 0.2) is 24.3 Å². The minimum Gasteiger partial charge on any atom is -0.390 e. The van der Waals surface area contributed by atoms with Crippen LogP contribution < -0.4 is 5.32 Å². The zero-order chi connectivity index (χ0) is 9.26. The largest absolute Gasteiger partial charge is 0.390 e. The van der Waals surface area contributed by atoms with Crippen molar-refractivity contribution in [1.29, 1.82) is 0 Å². The molecule has 0 saturated heterocycles. The van der Waals surface area contributed by atoms with Crippen molar-refractivity contribution in [2.75, 3.05) is 0 Å². The first-order valence-corrected chi connectivity index (χ1v) is 4.28. The summed E-state index contributed by atoms with van der Waals surface area (Å²) in [4.78, 5) is 10.3. The molecular formula is C10H11NO2. The van der Waals surface area contributed by atoms with Crippen LogP contribution in [-0.4, -0.2) is 17.6 Å². The molecule has 1 aromatic rings. The van der Waals surface area contributed by atoms with Gasteiger partial charge in [-0.15, -0.1) is 0 Å². The maximum atomic E-state index is 10.3. The Kier molecular flexibility index (Phi) is 2.02. The maximum absolute atomic E-state index is 10.3. The van der Waals surface area contributed by atoms with Crippen molar-refractivity contribution in [3.63, 3.8) is 0 Å². The topological polar surface area (TPSA) is 49.3 Å². The van der Waals surface area contributed by atoms with Gasteiger partial charge in [-0.05, 0) is 11.1 Å². The number of amides is 1. The Balaban J connectivity index is 2.34. The normalized spacial score (nSPS) is 25.3. The second-order valence-electron chi connectivity index (χ2n) is 3.23. The lowest BCUT2D eigenvalue weighted by Gasteiger charge is -2.13. The third-order valence-electron chi connectivity index (χ3n) is 2.45. The third kappa shape index (κ3) is 1.31. The van der Waals surface area contributed by atoms with Gasteiger partial charge in [-0.2, -0.15) is 0 Å². The molecule has 0 saturated carbocycles. The molecule has 1 amide bonds. The van der Waals surface area contributed by atoms with Gasteiger partial charge in [0, 0.05) is 6.42 Å². The second-order valence-corrected chi connectivity index (χ2v) is 3.23. The van der Waals surface area contributed by atoms with Gasteiger partial charge in [-0.3, -0.25) is 4.79 Å². The molecule has 0 aromatic heterocycles. The number of carbonyl (C=O) groups excluding carboxylic acids is 1. The SMILES string of the molecule is O=CN[C@H]1c2ccccc2C[C@H]1O. The fraction of sp³-hybridized carbons (Fsp3) is 0.300. The summed E-state index contributed by atoms with van der Waals surface area (Å²) in [6.45, 7) is 0. The molecule has 1 aliphatic rings. The molecule has 13 heavy (non-hydrogen) atoms. The Labute approximate surface area is 76.4 Å². The molecule has 0 bridgehead atoms. The van der Waals surface area contributed by atoms with Crippen molar-refractivity contribution < 1.29 is 9.90 Å². The van der Waals surface area contributed by atoms with Crippen molar-refractivity contribution in [1.82, 2.24) is 5.32 Å². The molecule has 0 spiro atoms. The van der Waals surface area contributed by atoms with Crippen LogP contribution in [0.25, 0.3) is 0 Å². The molecule has 2 N–H and O–H groups in total. The zero-order valence-electron chi connectivity index (χ0n) is 7.10. The number of fused-ring (bicyclic) bond motifs is 1. The number of hydrogen-bond acceptors (Lipinski definition) is 2. The highest BCUT2D eigenvalue weighted by Gasteiger charge is 2.29. The van der Waals surface area contributed by atoms with E-state index in [4.69, 9.17) is 0 Å². The van der Waals surface area contributed by atoms with Crippen LogP contribution >= 0.6 is 0 Å². The van der Waals surface area contributed by atoms with Crippen molar-refractivity contribution >= 4 is 6.41 Å². The fourth-order valence-corrected chi connectivity index (χ4v) is 1.85. The van der Waals surface area contributed by atoms with Gasteiger partial charge in [-0.1, -0.05) is 24.3 Å². The second kappa shape index (κ2) is 3.18. The first-order chi connectivity index (χ1) is 6.33. The number of nitrogens with one attached hydrogen (secondary N) is 1. The van der Waals surface area contributed by atoms with E-state index in [0.717, 1.165) is 11.1 Å². The number of benzene rings is 1. The highest BCUT2D eigenvalue weighted by atomic mass is 16.3. The summed E-state index contributed by atoms with van der Waals surface area (Å²) in [5, 5.41) is 12.2. The van der Waals surface area contributed by atoms with Crippen LogP contribution in [0.3, 0.4) is 0 Å². The smallest absolute Gasteiger partial charge is 0.207 e. The minimum absolute atomic E-state index is 0.228. The summed E-state index contributed by atoms with van der Waals surface area (Å²) < 4.78 is 0. The van der Waals surface area contributed by atoms with Crippen LogP contribution in [0, 0.1) is 0 Å².